The van der Waals surface area contributed by atoms with Crippen LogP contribution in [0, 0.1) is 5.92 Å². The fraction of sp³-hybridized carbons (Fsp3) is 0.667. The van der Waals surface area contributed by atoms with E-state index in [4.69, 9.17) is 4.74 Å². The minimum atomic E-state index is 0.504. The van der Waals surface area contributed by atoms with Gasteiger partial charge in [-0.15, -0.1) is 0 Å². The summed E-state index contributed by atoms with van der Waals surface area (Å²) in [5.74, 6) is 1.61. The number of ether oxygens (including phenoxy) is 1. The van der Waals surface area contributed by atoms with E-state index in [1.54, 1.807) is 7.11 Å². The molecule has 0 bridgehead atoms. The first-order valence-corrected chi connectivity index (χ1v) is 8.19. The summed E-state index contributed by atoms with van der Waals surface area (Å²) in [6, 6.07) is 9.68. The van der Waals surface area contributed by atoms with Gasteiger partial charge in [0.1, 0.15) is 5.75 Å². The van der Waals surface area contributed by atoms with Crippen molar-refractivity contribution >= 4 is 0 Å². The van der Waals surface area contributed by atoms with Crippen molar-refractivity contribution < 1.29 is 4.74 Å². The molecular formula is C18H30N2O. The fourth-order valence-electron chi connectivity index (χ4n) is 3.35. The molecule has 1 aliphatic rings. The van der Waals surface area contributed by atoms with Crippen molar-refractivity contribution in [3.63, 3.8) is 0 Å². The Morgan fingerprint density at radius 2 is 1.95 bits per heavy atom. The van der Waals surface area contributed by atoms with Crippen LogP contribution in [0.3, 0.4) is 0 Å². The van der Waals surface area contributed by atoms with Crippen LogP contribution in [0.2, 0.25) is 0 Å². The first kappa shape index (κ1) is 16.3. The van der Waals surface area contributed by atoms with Gasteiger partial charge in [0.25, 0.3) is 0 Å². The van der Waals surface area contributed by atoms with Gasteiger partial charge in [-0.05, 0) is 50.0 Å². The van der Waals surface area contributed by atoms with E-state index < -0.39 is 0 Å². The number of nitrogens with zero attached hydrogens (tertiary/aromatic N) is 1. The van der Waals surface area contributed by atoms with Crippen LogP contribution in [0.4, 0.5) is 0 Å². The maximum Gasteiger partial charge on any atom is 0.118 e. The first-order chi connectivity index (χ1) is 10.1. The second kappa shape index (κ2) is 7.81. The lowest BCUT2D eigenvalue weighted by Crippen LogP contribution is -2.37. The molecule has 1 saturated heterocycles. The summed E-state index contributed by atoms with van der Waals surface area (Å²) >= 11 is 0. The summed E-state index contributed by atoms with van der Waals surface area (Å²) in [6.45, 7) is 6.74. The van der Waals surface area contributed by atoms with E-state index in [2.05, 4.69) is 55.4 Å². The number of likely N-dealkylation sites (tertiary alicyclic amines) is 1. The Balaban J connectivity index is 2.18. The first-order valence-electron chi connectivity index (χ1n) is 8.19. The molecule has 2 rings (SSSR count). The van der Waals surface area contributed by atoms with Crippen molar-refractivity contribution in [2.75, 3.05) is 27.2 Å². The number of methoxy groups -OCH3 is 1. The second-order valence-electron chi connectivity index (χ2n) is 6.52. The van der Waals surface area contributed by atoms with Gasteiger partial charge in [-0.2, -0.15) is 0 Å². The normalized spacial score (nSPS) is 24.0. The van der Waals surface area contributed by atoms with Crippen molar-refractivity contribution in [1.29, 1.82) is 0 Å². The summed E-state index contributed by atoms with van der Waals surface area (Å²) in [7, 11) is 3.99. The monoisotopic (exact) mass is 290 g/mol. The van der Waals surface area contributed by atoms with Crippen LogP contribution in [0.15, 0.2) is 24.3 Å². The molecule has 0 amide bonds. The SMILES string of the molecule is COc1ccc(C2C(CNC(C)C)CCCCN2C)cc1. The Hall–Kier alpha value is -1.06. The van der Waals surface area contributed by atoms with Crippen LogP contribution in [0.5, 0.6) is 5.75 Å². The molecule has 1 heterocycles. The Bertz CT molecular complexity index is 416. The lowest BCUT2D eigenvalue weighted by Gasteiger charge is -2.33. The second-order valence-corrected chi connectivity index (χ2v) is 6.52. The van der Waals surface area contributed by atoms with E-state index in [0.29, 0.717) is 18.0 Å². The number of hydrogen-bond acceptors (Lipinski definition) is 3. The van der Waals surface area contributed by atoms with Crippen LogP contribution in [-0.4, -0.2) is 38.2 Å². The molecule has 1 aromatic rings. The summed E-state index contributed by atoms with van der Waals surface area (Å²) < 4.78 is 5.29. The molecule has 0 aromatic heterocycles. The maximum absolute atomic E-state index is 5.29. The molecule has 1 aliphatic heterocycles. The fourth-order valence-corrected chi connectivity index (χ4v) is 3.35. The number of rotatable bonds is 5. The molecule has 0 spiro atoms. The van der Waals surface area contributed by atoms with E-state index in [1.165, 1.54) is 31.4 Å². The van der Waals surface area contributed by atoms with Gasteiger partial charge in [-0.25, -0.2) is 0 Å². The summed E-state index contributed by atoms with van der Waals surface area (Å²) in [4.78, 5) is 2.53. The van der Waals surface area contributed by atoms with Crippen LogP contribution in [0.25, 0.3) is 0 Å². The topological polar surface area (TPSA) is 24.5 Å². The Morgan fingerprint density at radius 3 is 2.57 bits per heavy atom. The van der Waals surface area contributed by atoms with E-state index in [-0.39, 0.29) is 0 Å². The van der Waals surface area contributed by atoms with E-state index in [9.17, 15) is 0 Å². The molecule has 0 radical (unpaired) electrons. The standard InChI is InChI=1S/C18H30N2O/c1-14(2)19-13-16-7-5-6-12-20(3)18(16)15-8-10-17(21-4)11-9-15/h8-11,14,16,18-19H,5-7,12-13H2,1-4H3. The summed E-state index contributed by atoms with van der Waals surface area (Å²) in [5, 5.41) is 3.63. The summed E-state index contributed by atoms with van der Waals surface area (Å²) in [6.07, 6.45) is 3.95. The van der Waals surface area contributed by atoms with Gasteiger partial charge in [0.2, 0.25) is 0 Å². The van der Waals surface area contributed by atoms with Crippen LogP contribution < -0.4 is 10.1 Å². The minimum Gasteiger partial charge on any atom is -0.497 e. The number of benzene rings is 1. The molecule has 1 N–H and O–H groups in total. The van der Waals surface area contributed by atoms with E-state index in [1.807, 2.05) is 0 Å². The van der Waals surface area contributed by atoms with Crippen LogP contribution in [0.1, 0.15) is 44.7 Å². The molecule has 3 nitrogen and oxygen atoms in total. The van der Waals surface area contributed by atoms with Crippen LogP contribution in [-0.2, 0) is 0 Å². The molecular weight excluding hydrogens is 260 g/mol. The molecule has 2 unspecified atom stereocenters. The quantitative estimate of drug-likeness (QED) is 0.898. The van der Waals surface area contributed by atoms with Gasteiger partial charge in [-0.1, -0.05) is 32.4 Å². The molecule has 2 atom stereocenters. The lowest BCUT2D eigenvalue weighted by molar-refractivity contribution is 0.187. The van der Waals surface area contributed by atoms with Gasteiger partial charge in [0, 0.05) is 18.6 Å². The zero-order valence-electron chi connectivity index (χ0n) is 13.9. The van der Waals surface area contributed by atoms with Crippen molar-refractivity contribution in [2.45, 2.75) is 45.2 Å². The highest BCUT2D eigenvalue weighted by Crippen LogP contribution is 2.34. The predicted molar refractivity (Wildman–Crippen MR) is 88.8 cm³/mol. The molecule has 21 heavy (non-hydrogen) atoms. The predicted octanol–water partition coefficient (Wildman–Crippen LogP) is 3.47. The van der Waals surface area contributed by atoms with Gasteiger partial charge >= 0.3 is 0 Å². The highest BCUT2D eigenvalue weighted by atomic mass is 16.5. The third-order valence-corrected chi connectivity index (χ3v) is 4.50. The third kappa shape index (κ3) is 4.45. The van der Waals surface area contributed by atoms with Gasteiger partial charge in [0.15, 0.2) is 0 Å². The Kier molecular flexibility index (Phi) is 6.07. The largest absolute Gasteiger partial charge is 0.497 e. The molecule has 3 heteroatoms. The third-order valence-electron chi connectivity index (χ3n) is 4.50. The zero-order chi connectivity index (χ0) is 15.2. The van der Waals surface area contributed by atoms with Crippen molar-refractivity contribution in [1.82, 2.24) is 10.2 Å². The zero-order valence-corrected chi connectivity index (χ0v) is 13.9. The highest BCUT2D eigenvalue weighted by Gasteiger charge is 2.28. The maximum atomic E-state index is 5.29. The average Bonchev–Trinajstić information content (AvgIpc) is 2.67. The smallest absolute Gasteiger partial charge is 0.118 e. The van der Waals surface area contributed by atoms with Gasteiger partial charge < -0.3 is 10.1 Å². The average molecular weight is 290 g/mol. The van der Waals surface area contributed by atoms with E-state index >= 15 is 0 Å². The Morgan fingerprint density at radius 1 is 1.24 bits per heavy atom. The minimum absolute atomic E-state index is 0.504. The summed E-state index contributed by atoms with van der Waals surface area (Å²) in [5.41, 5.74) is 1.41. The molecule has 0 saturated carbocycles. The molecule has 0 aliphatic carbocycles. The van der Waals surface area contributed by atoms with Crippen molar-refractivity contribution in [2.24, 2.45) is 5.92 Å². The molecule has 1 aromatic carbocycles. The van der Waals surface area contributed by atoms with Gasteiger partial charge in [0.05, 0.1) is 7.11 Å². The lowest BCUT2D eigenvalue weighted by atomic mass is 9.89. The van der Waals surface area contributed by atoms with E-state index in [0.717, 1.165) is 12.3 Å². The van der Waals surface area contributed by atoms with Gasteiger partial charge in [-0.3, -0.25) is 4.90 Å². The Labute approximate surface area is 129 Å². The molecule has 1 fully saturated rings. The van der Waals surface area contributed by atoms with Crippen molar-refractivity contribution in [3.8, 4) is 5.75 Å². The van der Waals surface area contributed by atoms with Crippen molar-refractivity contribution in [3.05, 3.63) is 29.8 Å². The highest BCUT2D eigenvalue weighted by molar-refractivity contribution is 5.29. The number of hydrogen-bond donors (Lipinski definition) is 1. The number of nitrogens with one attached hydrogen (secondary N) is 1. The van der Waals surface area contributed by atoms with Crippen LogP contribution >= 0.6 is 0 Å². The molecule has 118 valence electrons.